The number of rotatable bonds is 5. The summed E-state index contributed by atoms with van der Waals surface area (Å²) in [6, 6.07) is 15.1. The van der Waals surface area contributed by atoms with Crippen molar-refractivity contribution in [3.63, 3.8) is 0 Å². The van der Waals surface area contributed by atoms with Gasteiger partial charge in [0.15, 0.2) is 11.3 Å². The summed E-state index contributed by atoms with van der Waals surface area (Å²) >= 11 is 5.84. The van der Waals surface area contributed by atoms with Crippen molar-refractivity contribution in [1.82, 2.24) is 5.16 Å². The van der Waals surface area contributed by atoms with Gasteiger partial charge in [0.05, 0.1) is 11.8 Å². The molecular weight excluding hydrogens is 382 g/mol. The Morgan fingerprint density at radius 2 is 1.79 bits per heavy atom. The van der Waals surface area contributed by atoms with E-state index in [0.717, 1.165) is 0 Å². The second kappa shape index (κ2) is 8.29. The summed E-state index contributed by atoms with van der Waals surface area (Å²) in [6.45, 7) is 1.56. The molecule has 140 valence electrons. The maximum Gasteiger partial charge on any atom is 0.270 e. The molecule has 8 heteroatoms. The number of aryl methyl sites for hydroxylation is 1. The molecule has 1 aromatic heterocycles. The summed E-state index contributed by atoms with van der Waals surface area (Å²) in [5, 5.41) is 26.1. The van der Waals surface area contributed by atoms with Gasteiger partial charge in [-0.05, 0) is 55.5 Å². The number of nitriles is 1. The maximum atomic E-state index is 12.4. The Morgan fingerprint density at radius 3 is 2.32 bits per heavy atom. The Hall–Kier alpha value is -3.76. The number of aromatic nitrogens is 1. The second-order valence-electron chi connectivity index (χ2n) is 5.67. The first-order chi connectivity index (χ1) is 13.5. The van der Waals surface area contributed by atoms with Gasteiger partial charge < -0.3 is 19.7 Å². The molecule has 0 bridgehead atoms. The lowest BCUT2D eigenvalue weighted by Crippen LogP contribution is -2.15. The fourth-order valence-corrected chi connectivity index (χ4v) is 2.44. The van der Waals surface area contributed by atoms with Gasteiger partial charge in [0, 0.05) is 10.7 Å². The van der Waals surface area contributed by atoms with Crippen LogP contribution >= 0.6 is 11.6 Å². The van der Waals surface area contributed by atoms with E-state index in [2.05, 4.69) is 10.5 Å². The minimum absolute atomic E-state index is 0.179. The molecule has 2 N–H and O–H groups in total. The monoisotopic (exact) mass is 395 g/mol. The predicted octanol–water partition coefficient (Wildman–Crippen LogP) is 4.86. The molecule has 0 saturated heterocycles. The molecule has 1 heterocycles. The van der Waals surface area contributed by atoms with Crippen molar-refractivity contribution in [2.45, 2.75) is 6.92 Å². The molecule has 0 saturated carbocycles. The summed E-state index contributed by atoms with van der Waals surface area (Å²) in [6.07, 6.45) is 1.23. The van der Waals surface area contributed by atoms with E-state index in [1.165, 1.54) is 6.20 Å². The predicted molar refractivity (Wildman–Crippen MR) is 103 cm³/mol. The van der Waals surface area contributed by atoms with Gasteiger partial charge in [-0.2, -0.15) is 5.26 Å². The van der Waals surface area contributed by atoms with Crippen LogP contribution in [-0.4, -0.2) is 16.2 Å². The highest BCUT2D eigenvalue weighted by molar-refractivity contribution is 6.30. The van der Waals surface area contributed by atoms with Crippen LogP contribution in [0.5, 0.6) is 11.5 Å². The van der Waals surface area contributed by atoms with E-state index in [4.69, 9.17) is 20.9 Å². The first kappa shape index (κ1) is 19.0. The van der Waals surface area contributed by atoms with Gasteiger partial charge in [-0.3, -0.25) is 4.79 Å². The van der Waals surface area contributed by atoms with Gasteiger partial charge in [-0.25, -0.2) is 0 Å². The number of nitrogens with zero attached hydrogens (tertiary/aromatic N) is 2. The molecule has 2 aromatic carbocycles. The summed E-state index contributed by atoms with van der Waals surface area (Å²) in [4.78, 5) is 12.4. The third-order valence-corrected chi connectivity index (χ3v) is 4.00. The normalized spacial score (nSPS) is 11.3. The van der Waals surface area contributed by atoms with Gasteiger partial charge in [-0.15, -0.1) is 0 Å². The number of nitrogens with one attached hydrogen (secondary N) is 1. The molecule has 0 aliphatic rings. The van der Waals surface area contributed by atoms with Crippen LogP contribution < -0.4 is 10.1 Å². The molecule has 0 radical (unpaired) electrons. The topological polar surface area (TPSA) is 108 Å². The van der Waals surface area contributed by atoms with E-state index in [1.54, 1.807) is 61.5 Å². The van der Waals surface area contributed by atoms with Crippen LogP contribution in [0.2, 0.25) is 5.02 Å². The van der Waals surface area contributed by atoms with Crippen molar-refractivity contribution >= 4 is 29.0 Å². The fraction of sp³-hybridized carbons (Fsp3) is 0.0500. The first-order valence-corrected chi connectivity index (χ1v) is 8.45. The van der Waals surface area contributed by atoms with Gasteiger partial charge in [0.25, 0.3) is 5.91 Å². The fourth-order valence-electron chi connectivity index (χ4n) is 2.31. The van der Waals surface area contributed by atoms with E-state index in [-0.39, 0.29) is 5.56 Å². The molecule has 7 nitrogen and oxygen atoms in total. The smallest absolute Gasteiger partial charge is 0.270 e. The van der Waals surface area contributed by atoms with E-state index in [9.17, 15) is 15.2 Å². The number of amides is 1. The van der Waals surface area contributed by atoms with Crippen molar-refractivity contribution in [3.05, 3.63) is 76.6 Å². The Labute approximate surface area is 165 Å². The Balaban J connectivity index is 1.72. The zero-order valence-electron chi connectivity index (χ0n) is 14.6. The summed E-state index contributed by atoms with van der Waals surface area (Å²) < 4.78 is 10.5. The Kier molecular flexibility index (Phi) is 5.63. The molecule has 28 heavy (non-hydrogen) atoms. The molecule has 1 amide bonds. The third-order valence-electron chi connectivity index (χ3n) is 3.74. The lowest BCUT2D eigenvalue weighted by Gasteiger charge is -2.08. The lowest BCUT2D eigenvalue weighted by molar-refractivity contribution is -0.112. The maximum absolute atomic E-state index is 12.4. The molecule has 0 fully saturated rings. The number of anilines is 1. The van der Waals surface area contributed by atoms with Crippen LogP contribution in [0.25, 0.3) is 5.76 Å². The van der Waals surface area contributed by atoms with Crippen LogP contribution in [0, 0.1) is 18.3 Å². The van der Waals surface area contributed by atoms with Crippen LogP contribution in [-0.2, 0) is 4.79 Å². The average Bonchev–Trinajstić information content (AvgIpc) is 3.11. The highest BCUT2D eigenvalue weighted by Gasteiger charge is 2.20. The molecule has 0 aliphatic carbocycles. The van der Waals surface area contributed by atoms with Crippen LogP contribution in [0.15, 0.2) is 64.8 Å². The largest absolute Gasteiger partial charge is 0.506 e. The molecular formula is C20H14ClN3O4. The van der Waals surface area contributed by atoms with Gasteiger partial charge in [-0.1, -0.05) is 16.8 Å². The number of benzene rings is 2. The van der Waals surface area contributed by atoms with Gasteiger partial charge >= 0.3 is 0 Å². The number of carbonyl (C=O) groups excluding carboxylic acids is 1. The van der Waals surface area contributed by atoms with E-state index in [0.29, 0.717) is 28.0 Å². The summed E-state index contributed by atoms with van der Waals surface area (Å²) in [5.41, 5.74) is 0.155. The average molecular weight is 396 g/mol. The molecule has 0 aliphatic heterocycles. The van der Waals surface area contributed by atoms with Crippen molar-refractivity contribution in [2.75, 3.05) is 5.32 Å². The standard InChI is InChI=1S/C20H14ClN3O4/c1-12-18(11-23-28-12)19(25)17(10-22)20(26)24-14-4-8-16(9-5-14)27-15-6-2-13(21)3-7-15/h2-9,11,25H,1H3,(H,24,26)/b19-17-. The SMILES string of the molecule is Cc1oncc1/C(O)=C(\C#N)C(=O)Nc1ccc(Oc2ccc(Cl)cc2)cc1. The number of halogens is 1. The second-order valence-corrected chi connectivity index (χ2v) is 6.10. The van der Waals surface area contributed by atoms with E-state index in [1.807, 2.05) is 0 Å². The molecule has 0 unspecified atom stereocenters. The molecule has 0 atom stereocenters. The molecule has 3 rings (SSSR count). The third kappa shape index (κ3) is 4.31. The first-order valence-electron chi connectivity index (χ1n) is 8.07. The number of carbonyl (C=O) groups is 1. The number of hydrogen-bond acceptors (Lipinski definition) is 6. The summed E-state index contributed by atoms with van der Waals surface area (Å²) in [7, 11) is 0. The van der Waals surface area contributed by atoms with Crippen molar-refractivity contribution in [1.29, 1.82) is 5.26 Å². The highest BCUT2D eigenvalue weighted by Crippen LogP contribution is 2.25. The van der Waals surface area contributed by atoms with E-state index < -0.39 is 17.2 Å². The zero-order valence-corrected chi connectivity index (χ0v) is 15.4. The van der Waals surface area contributed by atoms with Crippen LogP contribution in [0.3, 0.4) is 0 Å². The number of hydrogen-bond donors (Lipinski definition) is 2. The Bertz CT molecular complexity index is 1060. The minimum Gasteiger partial charge on any atom is -0.506 e. The van der Waals surface area contributed by atoms with Gasteiger partial charge in [0.2, 0.25) is 0 Å². The van der Waals surface area contributed by atoms with Crippen molar-refractivity contribution < 1.29 is 19.2 Å². The summed E-state index contributed by atoms with van der Waals surface area (Å²) in [5.74, 6) is 0.208. The number of aliphatic hydroxyl groups is 1. The lowest BCUT2D eigenvalue weighted by atomic mass is 10.1. The van der Waals surface area contributed by atoms with Crippen LogP contribution in [0.1, 0.15) is 11.3 Å². The Morgan fingerprint density at radius 1 is 1.18 bits per heavy atom. The minimum atomic E-state index is -0.757. The molecule has 0 spiro atoms. The zero-order chi connectivity index (χ0) is 20.1. The van der Waals surface area contributed by atoms with E-state index >= 15 is 0 Å². The van der Waals surface area contributed by atoms with Crippen molar-refractivity contribution in [3.8, 4) is 17.6 Å². The highest BCUT2D eigenvalue weighted by atomic mass is 35.5. The quantitative estimate of drug-likeness (QED) is 0.363. The molecule has 3 aromatic rings. The van der Waals surface area contributed by atoms with Crippen LogP contribution in [0.4, 0.5) is 5.69 Å². The number of ether oxygens (including phenoxy) is 1. The van der Waals surface area contributed by atoms with Crippen molar-refractivity contribution in [2.24, 2.45) is 0 Å². The number of aliphatic hydroxyl groups excluding tert-OH is 1. The van der Waals surface area contributed by atoms with Gasteiger partial charge in [0.1, 0.15) is 23.3 Å².